The third-order valence-corrected chi connectivity index (χ3v) is 5.48. The summed E-state index contributed by atoms with van der Waals surface area (Å²) in [5.74, 6) is 0.202. The molecule has 2 atom stereocenters. The molecule has 2 unspecified atom stereocenters. The predicted molar refractivity (Wildman–Crippen MR) is 97.0 cm³/mol. The number of hydrogen-bond donors (Lipinski definition) is 1. The molecule has 0 aliphatic heterocycles. The number of benzene rings is 1. The van der Waals surface area contributed by atoms with E-state index >= 15 is 0 Å². The molecule has 4 nitrogen and oxygen atoms in total. The molecule has 0 spiro atoms. The maximum absolute atomic E-state index is 11.5. The van der Waals surface area contributed by atoms with Gasteiger partial charge < -0.3 is 5.11 Å². The van der Waals surface area contributed by atoms with Crippen LogP contribution < -0.4 is 0 Å². The second kappa shape index (κ2) is 6.91. The van der Waals surface area contributed by atoms with Crippen LogP contribution in [0.5, 0.6) is 0 Å². The molecule has 0 bridgehead atoms. The Hall–Kier alpha value is -0.910. The largest absolute Gasteiger partial charge is 0.387 e. The molecule has 3 rings (SSSR count). The summed E-state index contributed by atoms with van der Waals surface area (Å²) >= 11 is 5.96. The highest BCUT2D eigenvalue weighted by molar-refractivity contribution is 8.93. The monoisotopic (exact) mass is 399 g/mol. The molecule has 126 valence electrons. The van der Waals surface area contributed by atoms with E-state index in [0.717, 1.165) is 24.3 Å². The fourth-order valence-corrected chi connectivity index (χ4v) is 3.75. The van der Waals surface area contributed by atoms with E-state index in [4.69, 9.17) is 11.6 Å². The lowest BCUT2D eigenvalue weighted by Gasteiger charge is -2.40. The number of aliphatic hydroxyl groups is 1. The zero-order chi connectivity index (χ0) is 15.8. The molecular formula is C17H23BrClN3O. The molecule has 0 radical (unpaired) electrons. The van der Waals surface area contributed by atoms with Crippen LogP contribution in [0, 0.1) is 11.3 Å². The molecular weight excluding hydrogens is 378 g/mol. The van der Waals surface area contributed by atoms with Gasteiger partial charge in [-0.15, -0.1) is 17.0 Å². The van der Waals surface area contributed by atoms with Crippen LogP contribution in [0.3, 0.4) is 0 Å². The standard InChI is InChI=1S/C17H22ClN3O.BrH/c1-16(2)8-7-14(9-13-3-5-15(18)6-4-13)17(16,22)10-21-12-19-11-20-21;/h3-6,11-12,14,22H,7-10H2,1-2H3;1H. The molecule has 2 aromatic rings. The maximum Gasteiger partial charge on any atom is 0.137 e. The van der Waals surface area contributed by atoms with E-state index in [0.29, 0.717) is 6.54 Å². The van der Waals surface area contributed by atoms with Crippen molar-refractivity contribution in [2.24, 2.45) is 11.3 Å². The number of halogens is 2. The van der Waals surface area contributed by atoms with Crippen LogP contribution in [0.15, 0.2) is 36.9 Å². The van der Waals surface area contributed by atoms with Crippen LogP contribution in [-0.4, -0.2) is 25.5 Å². The normalized spacial score (nSPS) is 26.0. The third kappa shape index (κ3) is 3.62. The van der Waals surface area contributed by atoms with Crippen molar-refractivity contribution in [2.45, 2.75) is 45.3 Å². The van der Waals surface area contributed by atoms with E-state index in [-0.39, 0.29) is 28.3 Å². The van der Waals surface area contributed by atoms with Gasteiger partial charge in [0.1, 0.15) is 12.7 Å². The lowest BCUT2D eigenvalue weighted by atomic mass is 9.72. The Kier molecular flexibility index (Phi) is 5.54. The Morgan fingerprint density at radius 2 is 2.00 bits per heavy atom. The van der Waals surface area contributed by atoms with Crippen molar-refractivity contribution in [3.8, 4) is 0 Å². The number of aromatic nitrogens is 3. The van der Waals surface area contributed by atoms with Gasteiger partial charge in [-0.2, -0.15) is 5.10 Å². The number of rotatable bonds is 4. The second-order valence-corrected chi connectivity index (χ2v) is 7.40. The van der Waals surface area contributed by atoms with Gasteiger partial charge in [-0.1, -0.05) is 37.6 Å². The highest BCUT2D eigenvalue weighted by atomic mass is 79.9. The van der Waals surface area contributed by atoms with Crippen LogP contribution in [0.4, 0.5) is 0 Å². The molecule has 1 aliphatic carbocycles. The lowest BCUT2D eigenvalue weighted by molar-refractivity contribution is -0.0907. The minimum absolute atomic E-state index is 0. The summed E-state index contributed by atoms with van der Waals surface area (Å²) < 4.78 is 1.74. The molecule has 1 aliphatic rings. The van der Waals surface area contributed by atoms with Gasteiger partial charge in [0, 0.05) is 5.02 Å². The van der Waals surface area contributed by atoms with E-state index in [9.17, 15) is 5.11 Å². The van der Waals surface area contributed by atoms with Gasteiger partial charge in [0.05, 0.1) is 12.1 Å². The highest BCUT2D eigenvalue weighted by Gasteiger charge is 2.54. The van der Waals surface area contributed by atoms with Crippen molar-refractivity contribution in [2.75, 3.05) is 0 Å². The molecule has 6 heteroatoms. The molecule has 1 aromatic heterocycles. The molecule has 0 amide bonds. The topological polar surface area (TPSA) is 50.9 Å². The Morgan fingerprint density at radius 3 is 2.61 bits per heavy atom. The fraction of sp³-hybridized carbons (Fsp3) is 0.529. The van der Waals surface area contributed by atoms with Gasteiger partial charge in [0.2, 0.25) is 0 Å². The van der Waals surface area contributed by atoms with Crippen LogP contribution in [-0.2, 0) is 13.0 Å². The van der Waals surface area contributed by atoms with Crippen molar-refractivity contribution < 1.29 is 5.11 Å². The number of nitrogens with zero attached hydrogens (tertiary/aromatic N) is 3. The molecule has 1 aromatic carbocycles. The summed E-state index contributed by atoms with van der Waals surface area (Å²) in [5, 5.41) is 16.4. The maximum atomic E-state index is 11.5. The summed E-state index contributed by atoms with van der Waals surface area (Å²) in [6.07, 6.45) is 6.06. The Morgan fingerprint density at radius 1 is 1.30 bits per heavy atom. The highest BCUT2D eigenvalue weighted by Crippen LogP contribution is 2.51. The SMILES string of the molecule is Br.CC1(C)CCC(Cc2ccc(Cl)cc2)C1(O)Cn1cncn1. The Balaban J connectivity index is 0.00000192. The second-order valence-electron chi connectivity index (χ2n) is 6.97. The summed E-state index contributed by atoms with van der Waals surface area (Å²) in [6.45, 7) is 4.77. The van der Waals surface area contributed by atoms with Crippen molar-refractivity contribution in [3.63, 3.8) is 0 Å². The molecule has 0 saturated heterocycles. The van der Waals surface area contributed by atoms with Crippen molar-refractivity contribution >= 4 is 28.6 Å². The smallest absolute Gasteiger partial charge is 0.137 e. The average molecular weight is 401 g/mol. The lowest BCUT2D eigenvalue weighted by Crippen LogP contribution is -2.49. The van der Waals surface area contributed by atoms with Crippen molar-refractivity contribution in [1.29, 1.82) is 0 Å². The summed E-state index contributed by atoms with van der Waals surface area (Å²) in [5.41, 5.74) is 0.278. The summed E-state index contributed by atoms with van der Waals surface area (Å²) in [6, 6.07) is 7.91. The van der Waals surface area contributed by atoms with Gasteiger partial charge in [0.15, 0.2) is 0 Å². The quantitative estimate of drug-likeness (QED) is 0.846. The number of hydrogen-bond acceptors (Lipinski definition) is 3. The van der Waals surface area contributed by atoms with E-state index < -0.39 is 5.60 Å². The zero-order valence-corrected chi connectivity index (χ0v) is 15.9. The molecule has 1 saturated carbocycles. The first kappa shape index (κ1) is 18.4. The summed E-state index contributed by atoms with van der Waals surface area (Å²) in [7, 11) is 0. The van der Waals surface area contributed by atoms with Crippen molar-refractivity contribution in [3.05, 3.63) is 47.5 Å². The minimum atomic E-state index is -0.791. The molecule has 1 N–H and O–H groups in total. The molecule has 1 heterocycles. The van der Waals surface area contributed by atoms with Gasteiger partial charge in [-0.05, 0) is 48.3 Å². The average Bonchev–Trinajstić information content (AvgIpc) is 3.04. The third-order valence-electron chi connectivity index (χ3n) is 5.23. The summed E-state index contributed by atoms with van der Waals surface area (Å²) in [4.78, 5) is 3.99. The van der Waals surface area contributed by atoms with Gasteiger partial charge in [-0.25, -0.2) is 4.98 Å². The van der Waals surface area contributed by atoms with E-state index in [1.54, 1.807) is 11.0 Å². The zero-order valence-electron chi connectivity index (χ0n) is 13.4. The van der Waals surface area contributed by atoms with E-state index in [1.165, 1.54) is 11.9 Å². The molecule has 23 heavy (non-hydrogen) atoms. The minimum Gasteiger partial charge on any atom is -0.387 e. The van der Waals surface area contributed by atoms with Gasteiger partial charge >= 0.3 is 0 Å². The molecule has 1 fully saturated rings. The predicted octanol–water partition coefficient (Wildman–Crippen LogP) is 3.92. The first-order valence-corrected chi connectivity index (χ1v) is 8.08. The van der Waals surface area contributed by atoms with E-state index in [1.807, 2.05) is 24.3 Å². The first-order chi connectivity index (χ1) is 10.4. The van der Waals surface area contributed by atoms with Crippen molar-refractivity contribution in [1.82, 2.24) is 14.8 Å². The van der Waals surface area contributed by atoms with Gasteiger partial charge in [0.25, 0.3) is 0 Å². The van der Waals surface area contributed by atoms with Crippen LogP contribution in [0.25, 0.3) is 0 Å². The van der Waals surface area contributed by atoms with Crippen LogP contribution >= 0.6 is 28.6 Å². The van der Waals surface area contributed by atoms with Crippen LogP contribution in [0.2, 0.25) is 5.02 Å². The first-order valence-electron chi connectivity index (χ1n) is 7.70. The van der Waals surface area contributed by atoms with E-state index in [2.05, 4.69) is 23.9 Å². The Bertz CT molecular complexity index is 630. The Labute approximate surface area is 152 Å². The van der Waals surface area contributed by atoms with Crippen LogP contribution in [0.1, 0.15) is 32.3 Å². The fourth-order valence-electron chi connectivity index (χ4n) is 3.62. The van der Waals surface area contributed by atoms with Gasteiger partial charge in [-0.3, -0.25) is 4.68 Å².